The molecule has 29 heavy (non-hydrogen) atoms. The standard InChI is InChI=1S/C21H22ClN3O4/c1-24(2)10-11-25-18(13-6-8-23-9-7-13)17(20(27)21(25)28)19(26)14-4-5-16(29-3)15(22)12-14/h4-9,12,18,26H,10-11H2,1-3H3/p+1/t18-/m0/s1. The third-order valence-corrected chi connectivity index (χ3v) is 5.14. The molecule has 2 heterocycles. The number of ketones is 1. The number of ether oxygens (including phenoxy) is 1. The number of aliphatic hydroxyl groups excluding tert-OH is 1. The van der Waals surface area contributed by atoms with Gasteiger partial charge in [-0.1, -0.05) is 11.6 Å². The van der Waals surface area contributed by atoms with Crippen molar-refractivity contribution in [3.05, 3.63) is 64.4 Å². The average Bonchev–Trinajstić information content (AvgIpc) is 2.97. The number of benzene rings is 1. The number of likely N-dealkylation sites (tertiary alicyclic amines) is 1. The summed E-state index contributed by atoms with van der Waals surface area (Å²) in [7, 11) is 5.43. The normalized spacial score (nSPS) is 18.5. The number of carbonyl (C=O) groups is 2. The number of aliphatic hydroxyl groups is 1. The number of pyridine rings is 1. The molecule has 1 amide bonds. The largest absolute Gasteiger partial charge is 0.507 e. The number of nitrogens with zero attached hydrogens (tertiary/aromatic N) is 2. The summed E-state index contributed by atoms with van der Waals surface area (Å²) >= 11 is 6.18. The lowest BCUT2D eigenvalue weighted by Crippen LogP contribution is -3.06. The molecule has 3 rings (SSSR count). The van der Waals surface area contributed by atoms with Crippen LogP contribution in [0.2, 0.25) is 5.02 Å². The van der Waals surface area contributed by atoms with Crippen LogP contribution in [0.25, 0.3) is 5.76 Å². The summed E-state index contributed by atoms with van der Waals surface area (Å²) in [5, 5.41) is 11.3. The lowest BCUT2D eigenvalue weighted by molar-refractivity contribution is -0.857. The van der Waals surface area contributed by atoms with E-state index in [-0.39, 0.29) is 11.3 Å². The zero-order chi connectivity index (χ0) is 21.1. The molecule has 1 saturated heterocycles. The van der Waals surface area contributed by atoms with Crippen molar-refractivity contribution in [3.8, 4) is 5.75 Å². The molecular weight excluding hydrogens is 394 g/mol. The number of hydrogen-bond donors (Lipinski definition) is 2. The van der Waals surface area contributed by atoms with Gasteiger partial charge in [-0.2, -0.15) is 0 Å². The first-order chi connectivity index (χ1) is 13.8. The molecule has 152 valence electrons. The lowest BCUT2D eigenvalue weighted by atomic mass is 9.96. The Morgan fingerprint density at radius 2 is 1.93 bits per heavy atom. The van der Waals surface area contributed by atoms with Crippen LogP contribution in [0.15, 0.2) is 48.3 Å². The fourth-order valence-corrected chi connectivity index (χ4v) is 3.57. The molecule has 0 spiro atoms. The summed E-state index contributed by atoms with van der Waals surface area (Å²) in [6, 6.07) is 7.49. The fraction of sp³-hybridized carbons (Fsp3) is 0.286. The predicted molar refractivity (Wildman–Crippen MR) is 109 cm³/mol. The Hall–Kier alpha value is -2.90. The van der Waals surface area contributed by atoms with E-state index in [4.69, 9.17) is 16.3 Å². The number of likely N-dealkylation sites (N-methyl/N-ethyl adjacent to an activating group) is 1. The fourth-order valence-electron chi connectivity index (χ4n) is 3.32. The van der Waals surface area contributed by atoms with E-state index in [1.807, 2.05) is 14.1 Å². The van der Waals surface area contributed by atoms with Crippen LogP contribution in [0.4, 0.5) is 0 Å². The van der Waals surface area contributed by atoms with Gasteiger partial charge in [0.25, 0.3) is 11.7 Å². The van der Waals surface area contributed by atoms with Crippen molar-refractivity contribution in [3.63, 3.8) is 0 Å². The molecule has 1 aromatic carbocycles. The summed E-state index contributed by atoms with van der Waals surface area (Å²) in [4.78, 5) is 32.3. The molecule has 8 heteroatoms. The molecule has 0 saturated carbocycles. The molecule has 1 aliphatic heterocycles. The van der Waals surface area contributed by atoms with Gasteiger partial charge in [0.15, 0.2) is 0 Å². The Labute approximate surface area is 174 Å². The molecule has 0 radical (unpaired) electrons. The monoisotopic (exact) mass is 416 g/mol. The average molecular weight is 417 g/mol. The van der Waals surface area contributed by atoms with Crippen molar-refractivity contribution in [2.75, 3.05) is 34.3 Å². The zero-order valence-corrected chi connectivity index (χ0v) is 17.2. The smallest absolute Gasteiger partial charge is 0.295 e. The van der Waals surface area contributed by atoms with Crippen LogP contribution in [0, 0.1) is 0 Å². The number of methoxy groups -OCH3 is 1. The molecule has 0 bridgehead atoms. The molecule has 2 N–H and O–H groups in total. The van der Waals surface area contributed by atoms with Gasteiger partial charge in [-0.15, -0.1) is 0 Å². The minimum atomic E-state index is -0.718. The Morgan fingerprint density at radius 1 is 1.24 bits per heavy atom. The van der Waals surface area contributed by atoms with Crippen LogP contribution < -0.4 is 9.64 Å². The Morgan fingerprint density at radius 3 is 2.52 bits per heavy atom. The first-order valence-electron chi connectivity index (χ1n) is 9.16. The van der Waals surface area contributed by atoms with Crippen LogP contribution in [0.3, 0.4) is 0 Å². The maximum absolute atomic E-state index is 12.9. The number of amides is 1. The van der Waals surface area contributed by atoms with Gasteiger partial charge in [0.05, 0.1) is 50.9 Å². The van der Waals surface area contributed by atoms with Crippen molar-refractivity contribution in [1.82, 2.24) is 9.88 Å². The Kier molecular flexibility index (Phi) is 6.20. The zero-order valence-electron chi connectivity index (χ0n) is 16.5. The molecule has 7 nitrogen and oxygen atoms in total. The highest BCUT2D eigenvalue weighted by Gasteiger charge is 2.46. The van der Waals surface area contributed by atoms with Crippen LogP contribution in [0.1, 0.15) is 17.2 Å². The maximum atomic E-state index is 12.9. The minimum Gasteiger partial charge on any atom is -0.507 e. The lowest BCUT2D eigenvalue weighted by Gasteiger charge is -2.25. The first-order valence-corrected chi connectivity index (χ1v) is 9.54. The van der Waals surface area contributed by atoms with Crippen molar-refractivity contribution in [2.45, 2.75) is 6.04 Å². The Bertz CT molecular complexity index is 960. The van der Waals surface area contributed by atoms with Crippen molar-refractivity contribution >= 4 is 29.1 Å². The number of quaternary nitrogens is 1. The van der Waals surface area contributed by atoms with Crippen LogP contribution in [-0.4, -0.2) is 61.0 Å². The summed E-state index contributed by atoms with van der Waals surface area (Å²) < 4.78 is 5.14. The second-order valence-electron chi connectivity index (χ2n) is 7.08. The molecule has 0 unspecified atom stereocenters. The van der Waals surface area contributed by atoms with Crippen molar-refractivity contribution in [1.29, 1.82) is 0 Å². The van der Waals surface area contributed by atoms with E-state index < -0.39 is 17.7 Å². The quantitative estimate of drug-likeness (QED) is 0.421. The molecular formula is C21H23ClN3O4+. The second kappa shape index (κ2) is 8.63. The molecule has 1 atom stereocenters. The maximum Gasteiger partial charge on any atom is 0.295 e. The van der Waals surface area contributed by atoms with E-state index in [0.717, 1.165) is 4.90 Å². The predicted octanol–water partition coefficient (Wildman–Crippen LogP) is 1.31. The summed E-state index contributed by atoms with van der Waals surface area (Å²) in [5.74, 6) is -1.17. The van der Waals surface area contributed by atoms with E-state index in [1.165, 1.54) is 18.1 Å². The number of hydrogen-bond acceptors (Lipinski definition) is 5. The summed E-state index contributed by atoms with van der Waals surface area (Å²) in [5.41, 5.74) is 1.08. The molecule has 1 fully saturated rings. The number of Topliss-reactive ketones (excluding diaryl/α,β-unsaturated/α-hetero) is 1. The molecule has 2 aromatic rings. The van der Waals surface area contributed by atoms with E-state index >= 15 is 0 Å². The van der Waals surface area contributed by atoms with Crippen LogP contribution in [-0.2, 0) is 9.59 Å². The number of rotatable bonds is 6. The summed E-state index contributed by atoms with van der Waals surface area (Å²) in [6.07, 6.45) is 3.19. The van der Waals surface area contributed by atoms with E-state index in [0.29, 0.717) is 35.0 Å². The third-order valence-electron chi connectivity index (χ3n) is 4.84. The van der Waals surface area contributed by atoms with Gasteiger partial charge in [0, 0.05) is 18.0 Å². The topological polar surface area (TPSA) is 84.2 Å². The van der Waals surface area contributed by atoms with Gasteiger partial charge in [-0.05, 0) is 35.9 Å². The minimum absolute atomic E-state index is 0.0381. The number of nitrogens with one attached hydrogen (secondary N) is 1. The highest BCUT2D eigenvalue weighted by atomic mass is 35.5. The van der Waals surface area contributed by atoms with Crippen molar-refractivity contribution in [2.24, 2.45) is 0 Å². The van der Waals surface area contributed by atoms with Crippen LogP contribution >= 0.6 is 11.6 Å². The van der Waals surface area contributed by atoms with Crippen LogP contribution in [0.5, 0.6) is 5.75 Å². The van der Waals surface area contributed by atoms with Gasteiger partial charge >= 0.3 is 0 Å². The number of halogens is 1. The second-order valence-corrected chi connectivity index (χ2v) is 7.49. The highest BCUT2D eigenvalue weighted by Crippen LogP contribution is 2.39. The molecule has 1 aromatic heterocycles. The van der Waals surface area contributed by atoms with E-state index in [1.54, 1.807) is 36.7 Å². The SMILES string of the molecule is COc1ccc(C(O)=C2C(=O)C(=O)N(CC[NH+](C)C)[C@H]2c2ccncc2)cc1Cl. The van der Waals surface area contributed by atoms with Gasteiger partial charge in [-0.25, -0.2) is 0 Å². The number of aromatic nitrogens is 1. The third kappa shape index (κ3) is 4.11. The highest BCUT2D eigenvalue weighted by molar-refractivity contribution is 6.46. The number of carbonyl (C=O) groups excluding carboxylic acids is 2. The van der Waals surface area contributed by atoms with E-state index in [2.05, 4.69) is 4.98 Å². The first kappa shape index (κ1) is 20.8. The van der Waals surface area contributed by atoms with E-state index in [9.17, 15) is 14.7 Å². The molecule has 0 aliphatic carbocycles. The Balaban J connectivity index is 2.13. The van der Waals surface area contributed by atoms with Gasteiger partial charge in [0.1, 0.15) is 11.5 Å². The molecule has 1 aliphatic rings. The summed E-state index contributed by atoms with van der Waals surface area (Å²) in [6.45, 7) is 1.03. The van der Waals surface area contributed by atoms with Crippen molar-refractivity contribution < 1.29 is 24.3 Å². The van der Waals surface area contributed by atoms with Gasteiger partial charge < -0.3 is 19.6 Å². The van der Waals surface area contributed by atoms with Gasteiger partial charge in [-0.3, -0.25) is 14.6 Å². The van der Waals surface area contributed by atoms with Gasteiger partial charge in [0.2, 0.25) is 0 Å².